The van der Waals surface area contributed by atoms with E-state index in [1.807, 2.05) is 0 Å². The van der Waals surface area contributed by atoms with E-state index in [9.17, 15) is 4.79 Å². The van der Waals surface area contributed by atoms with Gasteiger partial charge in [0.2, 0.25) is 5.13 Å². The standard InChI is InChI=1S/C11H9BrClN3O2S/c1-6(10(17)15-11-16-14-5-19-11)18-9-3-2-7(13)4-8(9)12/h2-6H,1H3,(H,15,16,17). The highest BCUT2D eigenvalue weighted by Gasteiger charge is 2.17. The maximum absolute atomic E-state index is 11.9. The first-order valence-corrected chi connectivity index (χ1v) is 7.30. The van der Waals surface area contributed by atoms with Crippen molar-refractivity contribution in [1.82, 2.24) is 10.2 Å². The SMILES string of the molecule is CC(Oc1ccc(Cl)cc1Br)C(=O)Nc1nncs1. The second-order valence-corrected chi connectivity index (χ2v) is 5.69. The fourth-order valence-electron chi connectivity index (χ4n) is 1.25. The molecule has 0 spiro atoms. The number of nitrogens with zero attached hydrogens (tertiary/aromatic N) is 2. The molecule has 1 atom stereocenters. The molecule has 100 valence electrons. The van der Waals surface area contributed by atoms with E-state index in [2.05, 4.69) is 31.4 Å². The van der Waals surface area contributed by atoms with Gasteiger partial charge in [0, 0.05) is 5.02 Å². The fourth-order valence-corrected chi connectivity index (χ4v) is 2.47. The number of carbonyl (C=O) groups excluding carboxylic acids is 1. The Kier molecular flexibility index (Phi) is 4.73. The molecular weight excluding hydrogens is 354 g/mol. The van der Waals surface area contributed by atoms with Crippen LogP contribution in [0.4, 0.5) is 5.13 Å². The van der Waals surface area contributed by atoms with Gasteiger partial charge < -0.3 is 4.74 Å². The maximum Gasteiger partial charge on any atom is 0.266 e. The molecule has 1 unspecified atom stereocenters. The normalized spacial score (nSPS) is 11.9. The molecule has 0 aliphatic rings. The first-order valence-electron chi connectivity index (χ1n) is 5.25. The van der Waals surface area contributed by atoms with Crippen LogP contribution in [0.2, 0.25) is 5.02 Å². The van der Waals surface area contributed by atoms with Crippen LogP contribution in [0.5, 0.6) is 5.75 Å². The minimum Gasteiger partial charge on any atom is -0.480 e. The molecule has 8 heteroatoms. The van der Waals surface area contributed by atoms with Gasteiger partial charge in [-0.05, 0) is 41.1 Å². The number of carbonyl (C=O) groups is 1. The highest BCUT2D eigenvalue weighted by molar-refractivity contribution is 9.10. The molecule has 0 saturated carbocycles. The lowest BCUT2D eigenvalue weighted by molar-refractivity contribution is -0.122. The van der Waals surface area contributed by atoms with Gasteiger partial charge in [-0.15, -0.1) is 10.2 Å². The molecule has 2 rings (SSSR count). The Bertz CT molecular complexity index is 579. The summed E-state index contributed by atoms with van der Waals surface area (Å²) in [6.07, 6.45) is -0.665. The topological polar surface area (TPSA) is 64.1 Å². The van der Waals surface area contributed by atoms with E-state index in [0.717, 1.165) is 0 Å². The lowest BCUT2D eigenvalue weighted by Gasteiger charge is -2.14. The largest absolute Gasteiger partial charge is 0.480 e. The molecule has 1 amide bonds. The second kappa shape index (κ2) is 6.31. The molecule has 1 aromatic carbocycles. The van der Waals surface area contributed by atoms with E-state index in [4.69, 9.17) is 16.3 Å². The predicted octanol–water partition coefficient (Wildman–Crippen LogP) is 3.36. The number of anilines is 1. The first kappa shape index (κ1) is 14.2. The van der Waals surface area contributed by atoms with Gasteiger partial charge in [0.1, 0.15) is 11.3 Å². The van der Waals surface area contributed by atoms with Gasteiger partial charge >= 0.3 is 0 Å². The highest BCUT2D eigenvalue weighted by Crippen LogP contribution is 2.28. The zero-order chi connectivity index (χ0) is 13.8. The van der Waals surface area contributed by atoms with Crippen LogP contribution in [0.15, 0.2) is 28.2 Å². The van der Waals surface area contributed by atoms with Gasteiger partial charge in [-0.25, -0.2) is 0 Å². The number of hydrogen-bond donors (Lipinski definition) is 1. The zero-order valence-corrected chi connectivity index (χ0v) is 12.9. The molecule has 0 fully saturated rings. The van der Waals surface area contributed by atoms with Crippen molar-refractivity contribution in [3.63, 3.8) is 0 Å². The fraction of sp³-hybridized carbons (Fsp3) is 0.182. The van der Waals surface area contributed by atoms with Crippen LogP contribution in [0.3, 0.4) is 0 Å². The molecule has 0 radical (unpaired) electrons. The van der Waals surface area contributed by atoms with Crippen molar-refractivity contribution in [2.45, 2.75) is 13.0 Å². The lowest BCUT2D eigenvalue weighted by atomic mass is 10.3. The van der Waals surface area contributed by atoms with E-state index in [1.165, 1.54) is 16.8 Å². The number of amides is 1. The summed E-state index contributed by atoms with van der Waals surface area (Å²) < 4.78 is 6.24. The van der Waals surface area contributed by atoms with E-state index < -0.39 is 6.10 Å². The second-order valence-electron chi connectivity index (χ2n) is 3.57. The minimum atomic E-state index is -0.665. The van der Waals surface area contributed by atoms with Crippen LogP contribution in [0.25, 0.3) is 0 Å². The van der Waals surface area contributed by atoms with Crippen molar-refractivity contribution < 1.29 is 9.53 Å². The average molecular weight is 363 g/mol. The summed E-state index contributed by atoms with van der Waals surface area (Å²) in [5.74, 6) is 0.253. The summed E-state index contributed by atoms with van der Waals surface area (Å²) in [7, 11) is 0. The Morgan fingerprint density at radius 3 is 3.00 bits per heavy atom. The van der Waals surface area contributed by atoms with Gasteiger partial charge in [-0.2, -0.15) is 0 Å². The van der Waals surface area contributed by atoms with Crippen LogP contribution in [0.1, 0.15) is 6.92 Å². The Morgan fingerprint density at radius 1 is 1.58 bits per heavy atom. The van der Waals surface area contributed by atoms with Crippen LogP contribution >= 0.6 is 38.9 Å². The summed E-state index contributed by atoms with van der Waals surface area (Å²) in [5.41, 5.74) is 1.54. The Labute approximate surface area is 127 Å². The maximum atomic E-state index is 11.9. The summed E-state index contributed by atoms with van der Waals surface area (Å²) in [6.45, 7) is 1.65. The van der Waals surface area contributed by atoms with E-state index in [-0.39, 0.29) is 5.91 Å². The molecule has 1 N–H and O–H groups in total. The van der Waals surface area contributed by atoms with Gasteiger partial charge in [0.15, 0.2) is 6.10 Å². The van der Waals surface area contributed by atoms with Crippen molar-refractivity contribution in [2.75, 3.05) is 5.32 Å². The van der Waals surface area contributed by atoms with Crippen LogP contribution in [-0.4, -0.2) is 22.2 Å². The molecule has 2 aromatic rings. The molecular formula is C11H9BrClN3O2S. The van der Waals surface area contributed by atoms with Crippen molar-refractivity contribution in [3.05, 3.63) is 33.2 Å². The minimum absolute atomic E-state index is 0.293. The molecule has 5 nitrogen and oxygen atoms in total. The van der Waals surface area contributed by atoms with Gasteiger partial charge in [-0.3, -0.25) is 10.1 Å². The van der Waals surface area contributed by atoms with E-state index in [1.54, 1.807) is 25.1 Å². The molecule has 0 aliphatic carbocycles. The molecule has 1 aromatic heterocycles. The number of hydrogen-bond acceptors (Lipinski definition) is 5. The van der Waals surface area contributed by atoms with Crippen LogP contribution < -0.4 is 10.1 Å². The van der Waals surface area contributed by atoms with Crippen molar-refractivity contribution in [2.24, 2.45) is 0 Å². The number of rotatable bonds is 4. The molecule has 19 heavy (non-hydrogen) atoms. The summed E-state index contributed by atoms with van der Waals surface area (Å²) in [6, 6.07) is 5.09. The number of benzene rings is 1. The van der Waals surface area contributed by atoms with Crippen LogP contribution in [0, 0.1) is 0 Å². The monoisotopic (exact) mass is 361 g/mol. The summed E-state index contributed by atoms with van der Waals surface area (Å²) >= 11 is 10.4. The molecule has 0 saturated heterocycles. The van der Waals surface area contributed by atoms with Gasteiger partial charge in [0.05, 0.1) is 4.47 Å². The Balaban J connectivity index is 2.00. The van der Waals surface area contributed by atoms with Gasteiger partial charge in [-0.1, -0.05) is 22.9 Å². The number of nitrogens with one attached hydrogen (secondary N) is 1. The third-order valence-corrected chi connectivity index (χ3v) is 3.62. The predicted molar refractivity (Wildman–Crippen MR) is 77.8 cm³/mol. The third-order valence-electron chi connectivity index (χ3n) is 2.16. The number of halogens is 2. The van der Waals surface area contributed by atoms with Crippen molar-refractivity contribution in [3.8, 4) is 5.75 Å². The molecule has 0 aliphatic heterocycles. The first-order chi connectivity index (χ1) is 9.06. The zero-order valence-electron chi connectivity index (χ0n) is 9.76. The van der Waals surface area contributed by atoms with Gasteiger partial charge in [0.25, 0.3) is 5.91 Å². The smallest absolute Gasteiger partial charge is 0.266 e. The number of ether oxygens (including phenoxy) is 1. The van der Waals surface area contributed by atoms with Crippen molar-refractivity contribution >= 4 is 49.9 Å². The number of aromatic nitrogens is 2. The summed E-state index contributed by atoms with van der Waals surface area (Å²) in [5, 5.41) is 11.0. The highest BCUT2D eigenvalue weighted by atomic mass is 79.9. The van der Waals surface area contributed by atoms with Crippen molar-refractivity contribution in [1.29, 1.82) is 0 Å². The third kappa shape index (κ3) is 3.89. The van der Waals surface area contributed by atoms with E-state index >= 15 is 0 Å². The quantitative estimate of drug-likeness (QED) is 0.906. The van der Waals surface area contributed by atoms with E-state index in [0.29, 0.717) is 20.4 Å². The Morgan fingerprint density at radius 2 is 2.37 bits per heavy atom. The van der Waals surface area contributed by atoms with Crippen LogP contribution in [-0.2, 0) is 4.79 Å². The average Bonchev–Trinajstić information content (AvgIpc) is 2.85. The lowest BCUT2D eigenvalue weighted by Crippen LogP contribution is -2.30. The molecule has 1 heterocycles. The Hall–Kier alpha value is -1.18. The molecule has 0 bridgehead atoms. The summed E-state index contributed by atoms with van der Waals surface area (Å²) in [4.78, 5) is 11.9.